The third kappa shape index (κ3) is 12.6. The first-order valence-corrected chi connectivity index (χ1v) is 4.49. The number of aliphatic carboxylic acids is 1. The van der Waals surface area contributed by atoms with E-state index in [-0.39, 0.29) is 16.5 Å². The van der Waals surface area contributed by atoms with Crippen molar-refractivity contribution in [3.8, 4) is 0 Å². The summed E-state index contributed by atoms with van der Waals surface area (Å²) in [6.07, 6.45) is 7.25. The van der Waals surface area contributed by atoms with Crippen molar-refractivity contribution in [2.75, 3.05) is 0 Å². The smallest absolute Gasteiger partial charge is 0.303 e. The molecule has 0 rings (SSSR count). The number of carbonyl (C=O) groups is 1. The van der Waals surface area contributed by atoms with Crippen LogP contribution in [0.25, 0.3) is 0 Å². The van der Waals surface area contributed by atoms with Crippen LogP contribution in [0.2, 0.25) is 0 Å². The SMILES string of the molecule is CCCCCCCCC(=O)O.[Ni]. The van der Waals surface area contributed by atoms with Crippen molar-refractivity contribution in [3.05, 3.63) is 0 Å². The van der Waals surface area contributed by atoms with E-state index in [0.29, 0.717) is 6.42 Å². The third-order valence-electron chi connectivity index (χ3n) is 1.74. The average Bonchev–Trinajstić information content (AvgIpc) is 1.96. The molecule has 1 N–H and O–H groups in total. The maximum absolute atomic E-state index is 10.1. The minimum atomic E-state index is -0.666. The van der Waals surface area contributed by atoms with Crippen LogP contribution < -0.4 is 0 Å². The second-order valence-electron chi connectivity index (χ2n) is 2.91. The molecule has 0 aromatic rings. The van der Waals surface area contributed by atoms with Gasteiger partial charge in [0, 0.05) is 22.9 Å². The second kappa shape index (κ2) is 11.0. The molecule has 0 heterocycles. The molecule has 0 aliphatic rings. The molecule has 2 nitrogen and oxygen atoms in total. The minimum absolute atomic E-state index is 0. The summed E-state index contributed by atoms with van der Waals surface area (Å²) in [6.45, 7) is 2.18. The van der Waals surface area contributed by atoms with Crippen LogP contribution in [-0.4, -0.2) is 11.1 Å². The molecule has 0 amide bonds. The van der Waals surface area contributed by atoms with Gasteiger partial charge < -0.3 is 5.11 Å². The van der Waals surface area contributed by atoms with Crippen LogP contribution in [0.3, 0.4) is 0 Å². The van der Waals surface area contributed by atoms with Crippen LogP contribution in [0.5, 0.6) is 0 Å². The average molecular weight is 217 g/mol. The van der Waals surface area contributed by atoms with Gasteiger partial charge >= 0.3 is 5.97 Å². The molecule has 0 fully saturated rings. The Balaban J connectivity index is 0. The van der Waals surface area contributed by atoms with E-state index in [1.54, 1.807) is 0 Å². The standard InChI is InChI=1S/C9H18O2.Ni/c1-2-3-4-5-6-7-8-9(10)11;/h2-8H2,1H3,(H,10,11);. The Labute approximate surface area is 84.7 Å². The predicted octanol–water partition coefficient (Wildman–Crippen LogP) is 2.82. The zero-order valence-corrected chi connectivity index (χ0v) is 8.61. The van der Waals surface area contributed by atoms with Crippen LogP contribution in [0.15, 0.2) is 0 Å². The summed E-state index contributed by atoms with van der Waals surface area (Å²) in [5.41, 5.74) is 0. The Morgan fingerprint density at radius 1 is 1.08 bits per heavy atom. The van der Waals surface area contributed by atoms with E-state index in [9.17, 15) is 4.79 Å². The molecular weight excluding hydrogens is 199 g/mol. The Morgan fingerprint density at radius 3 is 2.08 bits per heavy atom. The molecule has 0 radical (unpaired) electrons. The molecule has 0 aliphatic heterocycles. The van der Waals surface area contributed by atoms with E-state index in [1.807, 2.05) is 0 Å². The molecule has 0 aromatic carbocycles. The fourth-order valence-corrected chi connectivity index (χ4v) is 1.06. The molecule has 0 aliphatic carbocycles. The number of unbranched alkanes of at least 4 members (excludes halogenated alkanes) is 5. The van der Waals surface area contributed by atoms with Crippen LogP contribution >= 0.6 is 0 Å². The van der Waals surface area contributed by atoms with Gasteiger partial charge in [0.1, 0.15) is 0 Å². The minimum Gasteiger partial charge on any atom is -0.481 e. The maximum atomic E-state index is 10.1. The van der Waals surface area contributed by atoms with E-state index in [1.165, 1.54) is 25.7 Å². The van der Waals surface area contributed by atoms with Gasteiger partial charge in [0.15, 0.2) is 0 Å². The van der Waals surface area contributed by atoms with Crippen molar-refractivity contribution in [1.29, 1.82) is 0 Å². The molecule has 76 valence electrons. The summed E-state index contributed by atoms with van der Waals surface area (Å²) in [5, 5.41) is 8.32. The molecule has 0 unspecified atom stereocenters. The molecular formula is C9H18NiO2. The van der Waals surface area contributed by atoms with E-state index in [4.69, 9.17) is 5.11 Å². The number of hydrogen-bond donors (Lipinski definition) is 1. The first kappa shape index (κ1) is 14.5. The Kier molecular flexibility index (Phi) is 13.2. The van der Waals surface area contributed by atoms with Crippen molar-refractivity contribution in [3.63, 3.8) is 0 Å². The van der Waals surface area contributed by atoms with Crippen molar-refractivity contribution in [1.82, 2.24) is 0 Å². The third-order valence-corrected chi connectivity index (χ3v) is 1.74. The second-order valence-corrected chi connectivity index (χ2v) is 2.91. The van der Waals surface area contributed by atoms with Gasteiger partial charge in [-0.25, -0.2) is 0 Å². The number of carboxylic acids is 1. The van der Waals surface area contributed by atoms with Crippen LogP contribution in [0.4, 0.5) is 0 Å². The first-order valence-electron chi connectivity index (χ1n) is 4.49. The molecule has 12 heavy (non-hydrogen) atoms. The predicted molar refractivity (Wildman–Crippen MR) is 45.6 cm³/mol. The molecule has 0 aromatic heterocycles. The van der Waals surface area contributed by atoms with Gasteiger partial charge in [0.05, 0.1) is 0 Å². The largest absolute Gasteiger partial charge is 0.481 e. The molecule has 0 saturated carbocycles. The van der Waals surface area contributed by atoms with Gasteiger partial charge in [0.25, 0.3) is 0 Å². The summed E-state index contributed by atoms with van der Waals surface area (Å²) >= 11 is 0. The quantitative estimate of drug-likeness (QED) is 0.525. The van der Waals surface area contributed by atoms with E-state index in [2.05, 4.69) is 6.92 Å². The van der Waals surface area contributed by atoms with Gasteiger partial charge in [0.2, 0.25) is 0 Å². The van der Waals surface area contributed by atoms with Gasteiger partial charge in [-0.1, -0.05) is 39.0 Å². The first-order chi connectivity index (χ1) is 5.27. The van der Waals surface area contributed by atoms with Crippen LogP contribution in [0.1, 0.15) is 51.9 Å². The maximum Gasteiger partial charge on any atom is 0.303 e. The van der Waals surface area contributed by atoms with E-state index in [0.717, 1.165) is 12.8 Å². The summed E-state index contributed by atoms with van der Waals surface area (Å²) in [4.78, 5) is 10.1. The Morgan fingerprint density at radius 2 is 1.58 bits per heavy atom. The number of rotatable bonds is 7. The molecule has 0 spiro atoms. The Hall–Kier alpha value is -0.0365. The zero-order chi connectivity index (χ0) is 8.53. The molecule has 0 bridgehead atoms. The van der Waals surface area contributed by atoms with Gasteiger partial charge in [-0.05, 0) is 6.42 Å². The summed E-state index contributed by atoms with van der Waals surface area (Å²) in [6, 6.07) is 0. The molecule has 3 heteroatoms. The van der Waals surface area contributed by atoms with Gasteiger partial charge in [-0.15, -0.1) is 0 Å². The Bertz CT molecular complexity index is 105. The van der Waals surface area contributed by atoms with E-state index < -0.39 is 5.97 Å². The number of hydrogen-bond acceptors (Lipinski definition) is 1. The van der Waals surface area contributed by atoms with Crippen molar-refractivity contribution in [2.24, 2.45) is 0 Å². The van der Waals surface area contributed by atoms with Crippen molar-refractivity contribution in [2.45, 2.75) is 51.9 Å². The fraction of sp³-hybridized carbons (Fsp3) is 0.889. The topological polar surface area (TPSA) is 37.3 Å². The van der Waals surface area contributed by atoms with Crippen LogP contribution in [-0.2, 0) is 21.3 Å². The fourth-order valence-electron chi connectivity index (χ4n) is 1.06. The van der Waals surface area contributed by atoms with Crippen LogP contribution in [0, 0.1) is 0 Å². The van der Waals surface area contributed by atoms with Gasteiger partial charge in [-0.3, -0.25) is 4.79 Å². The van der Waals surface area contributed by atoms with Gasteiger partial charge in [-0.2, -0.15) is 0 Å². The summed E-state index contributed by atoms with van der Waals surface area (Å²) < 4.78 is 0. The number of carboxylic acid groups (broad SMARTS) is 1. The molecule has 0 saturated heterocycles. The van der Waals surface area contributed by atoms with Crippen molar-refractivity contribution >= 4 is 5.97 Å². The normalized spacial score (nSPS) is 9.08. The zero-order valence-electron chi connectivity index (χ0n) is 7.62. The summed E-state index contributed by atoms with van der Waals surface area (Å²) in [5.74, 6) is -0.666. The summed E-state index contributed by atoms with van der Waals surface area (Å²) in [7, 11) is 0. The van der Waals surface area contributed by atoms with Crippen molar-refractivity contribution < 1.29 is 26.4 Å². The molecule has 0 atom stereocenters. The van der Waals surface area contributed by atoms with E-state index >= 15 is 0 Å². The monoisotopic (exact) mass is 216 g/mol.